The summed E-state index contributed by atoms with van der Waals surface area (Å²) in [5.74, 6) is 0.650. The number of aromatic nitrogens is 1. The van der Waals surface area contributed by atoms with Gasteiger partial charge >= 0.3 is 0 Å². The number of hydrogen-bond acceptors (Lipinski definition) is 4. The highest BCUT2D eigenvalue weighted by Gasteiger charge is 2.08. The Labute approximate surface area is 153 Å². The number of benzene rings is 2. The Hall–Kier alpha value is -3.34. The zero-order chi connectivity index (χ0) is 18.2. The first-order valence-corrected chi connectivity index (χ1v) is 8.44. The molecule has 2 aromatic carbocycles. The van der Waals surface area contributed by atoms with Crippen LogP contribution in [0.25, 0.3) is 0 Å². The lowest BCUT2D eigenvalue weighted by Crippen LogP contribution is -2.14. The number of ether oxygens (including phenoxy) is 1. The summed E-state index contributed by atoms with van der Waals surface area (Å²) in [5.41, 5.74) is 3.11. The first kappa shape index (κ1) is 17.5. The monoisotopic (exact) mass is 347 g/mol. The van der Waals surface area contributed by atoms with E-state index in [2.05, 4.69) is 15.6 Å². The molecule has 1 aromatic heterocycles. The van der Waals surface area contributed by atoms with Gasteiger partial charge in [0.25, 0.3) is 5.91 Å². The first-order chi connectivity index (χ1) is 12.8. The highest BCUT2D eigenvalue weighted by atomic mass is 16.5. The molecular weight excluding hydrogens is 326 g/mol. The van der Waals surface area contributed by atoms with Crippen LogP contribution in [0.1, 0.15) is 16.1 Å². The van der Waals surface area contributed by atoms with Crippen molar-refractivity contribution in [3.63, 3.8) is 0 Å². The molecule has 0 spiro atoms. The van der Waals surface area contributed by atoms with Crippen LogP contribution in [-0.2, 0) is 6.42 Å². The predicted octanol–water partition coefficient (Wildman–Crippen LogP) is 4.00. The van der Waals surface area contributed by atoms with Crippen LogP contribution in [-0.4, -0.2) is 24.5 Å². The maximum Gasteiger partial charge on any atom is 0.274 e. The van der Waals surface area contributed by atoms with Crippen molar-refractivity contribution in [2.75, 3.05) is 24.3 Å². The Balaban J connectivity index is 1.59. The lowest BCUT2D eigenvalue weighted by molar-refractivity contribution is 0.102. The minimum absolute atomic E-state index is 0.232. The van der Waals surface area contributed by atoms with Gasteiger partial charge in [0.2, 0.25) is 0 Å². The number of pyridine rings is 1. The van der Waals surface area contributed by atoms with Gasteiger partial charge < -0.3 is 15.4 Å². The number of carbonyl (C=O) groups excluding carboxylic acids is 1. The zero-order valence-electron chi connectivity index (χ0n) is 14.6. The number of rotatable bonds is 7. The molecule has 0 unspecified atom stereocenters. The molecule has 3 aromatic rings. The molecule has 0 fully saturated rings. The third kappa shape index (κ3) is 4.60. The van der Waals surface area contributed by atoms with E-state index in [1.54, 1.807) is 19.4 Å². The fraction of sp³-hybridized carbons (Fsp3) is 0.143. The minimum atomic E-state index is -0.232. The highest BCUT2D eigenvalue weighted by molar-refractivity contribution is 6.03. The lowest BCUT2D eigenvalue weighted by atomic mass is 10.1. The van der Waals surface area contributed by atoms with Crippen molar-refractivity contribution < 1.29 is 9.53 Å². The van der Waals surface area contributed by atoms with Crippen molar-refractivity contribution in [1.29, 1.82) is 0 Å². The van der Waals surface area contributed by atoms with E-state index in [1.165, 1.54) is 0 Å². The van der Waals surface area contributed by atoms with Gasteiger partial charge in [-0.1, -0.05) is 36.4 Å². The van der Waals surface area contributed by atoms with E-state index in [-0.39, 0.29) is 5.91 Å². The molecule has 3 rings (SSSR count). The number of para-hydroxylation sites is 2. The summed E-state index contributed by atoms with van der Waals surface area (Å²) in [7, 11) is 1.67. The van der Waals surface area contributed by atoms with Crippen molar-refractivity contribution in [3.8, 4) is 5.75 Å². The Bertz CT molecular complexity index is 866. The highest BCUT2D eigenvalue weighted by Crippen LogP contribution is 2.18. The summed E-state index contributed by atoms with van der Waals surface area (Å²) in [4.78, 5) is 16.5. The molecule has 0 radical (unpaired) electrons. The van der Waals surface area contributed by atoms with E-state index < -0.39 is 0 Å². The molecule has 0 atom stereocenters. The maximum absolute atomic E-state index is 12.3. The van der Waals surface area contributed by atoms with Crippen LogP contribution in [0, 0.1) is 0 Å². The van der Waals surface area contributed by atoms with Gasteiger partial charge in [-0.2, -0.15) is 0 Å². The van der Waals surface area contributed by atoms with Crippen LogP contribution in [0.4, 0.5) is 11.4 Å². The summed E-state index contributed by atoms with van der Waals surface area (Å²) in [6.45, 7) is 0.726. The zero-order valence-corrected chi connectivity index (χ0v) is 14.6. The topological polar surface area (TPSA) is 63.2 Å². The van der Waals surface area contributed by atoms with E-state index >= 15 is 0 Å². The molecule has 0 aliphatic carbocycles. The molecule has 5 nitrogen and oxygen atoms in total. The summed E-state index contributed by atoms with van der Waals surface area (Å²) < 4.78 is 5.36. The summed E-state index contributed by atoms with van der Waals surface area (Å²) in [6.07, 6.45) is 2.45. The fourth-order valence-corrected chi connectivity index (χ4v) is 2.63. The SMILES string of the molecule is COc1ccccc1CCNc1ccnc(C(=O)Nc2ccccc2)c1. The number of nitrogens with one attached hydrogen (secondary N) is 2. The summed E-state index contributed by atoms with van der Waals surface area (Å²) in [6, 6.07) is 20.9. The molecule has 26 heavy (non-hydrogen) atoms. The molecule has 0 saturated carbocycles. The van der Waals surface area contributed by atoms with Crippen LogP contribution < -0.4 is 15.4 Å². The van der Waals surface area contributed by atoms with Gasteiger partial charge in [-0.3, -0.25) is 9.78 Å². The molecule has 0 bridgehead atoms. The standard InChI is InChI=1S/C21H21N3O2/c1-26-20-10-6-5-7-16(20)11-13-22-18-12-14-23-19(15-18)21(25)24-17-8-3-2-4-9-17/h2-10,12,14-15H,11,13H2,1H3,(H,22,23)(H,24,25). The van der Waals surface area contributed by atoms with Gasteiger partial charge in [-0.25, -0.2) is 0 Å². The molecule has 0 aliphatic heterocycles. The van der Waals surface area contributed by atoms with Crippen molar-refractivity contribution in [2.45, 2.75) is 6.42 Å². The van der Waals surface area contributed by atoms with Crippen molar-refractivity contribution in [2.24, 2.45) is 0 Å². The van der Waals surface area contributed by atoms with E-state index in [4.69, 9.17) is 4.74 Å². The summed E-state index contributed by atoms with van der Waals surface area (Å²) >= 11 is 0. The van der Waals surface area contributed by atoms with Crippen LogP contribution >= 0.6 is 0 Å². The molecule has 0 aliphatic rings. The van der Waals surface area contributed by atoms with Gasteiger partial charge in [0.15, 0.2) is 0 Å². The summed E-state index contributed by atoms with van der Waals surface area (Å²) in [5, 5.41) is 6.16. The molecule has 1 heterocycles. The van der Waals surface area contributed by atoms with Crippen LogP contribution in [0.2, 0.25) is 0 Å². The number of methoxy groups -OCH3 is 1. The Kier molecular flexibility index (Phi) is 5.83. The van der Waals surface area contributed by atoms with E-state index in [0.717, 1.165) is 35.7 Å². The quantitative estimate of drug-likeness (QED) is 0.678. The van der Waals surface area contributed by atoms with E-state index in [0.29, 0.717) is 5.69 Å². The second kappa shape index (κ2) is 8.67. The molecule has 2 N–H and O–H groups in total. The molecular formula is C21H21N3O2. The first-order valence-electron chi connectivity index (χ1n) is 8.44. The normalized spacial score (nSPS) is 10.2. The number of anilines is 2. The molecule has 5 heteroatoms. The maximum atomic E-state index is 12.3. The van der Waals surface area contributed by atoms with Crippen molar-refractivity contribution in [3.05, 3.63) is 84.2 Å². The molecule has 1 amide bonds. The Morgan fingerprint density at radius 2 is 1.77 bits per heavy atom. The average Bonchev–Trinajstić information content (AvgIpc) is 2.69. The molecule has 0 saturated heterocycles. The molecule has 132 valence electrons. The third-order valence-corrected chi connectivity index (χ3v) is 3.94. The number of nitrogens with zero attached hydrogens (tertiary/aromatic N) is 1. The average molecular weight is 347 g/mol. The second-order valence-corrected chi connectivity index (χ2v) is 5.74. The minimum Gasteiger partial charge on any atom is -0.496 e. The smallest absolute Gasteiger partial charge is 0.274 e. The van der Waals surface area contributed by atoms with Gasteiger partial charge in [0.1, 0.15) is 11.4 Å². The largest absolute Gasteiger partial charge is 0.496 e. The lowest BCUT2D eigenvalue weighted by Gasteiger charge is -2.10. The van der Waals surface area contributed by atoms with Gasteiger partial charge in [-0.15, -0.1) is 0 Å². The Morgan fingerprint density at radius 1 is 1.00 bits per heavy atom. The van der Waals surface area contributed by atoms with Crippen LogP contribution in [0.5, 0.6) is 5.75 Å². The third-order valence-electron chi connectivity index (χ3n) is 3.94. The van der Waals surface area contributed by atoms with Crippen LogP contribution in [0.15, 0.2) is 72.9 Å². The number of carbonyl (C=O) groups is 1. The fourth-order valence-electron chi connectivity index (χ4n) is 2.63. The van der Waals surface area contributed by atoms with E-state index in [9.17, 15) is 4.79 Å². The number of hydrogen-bond donors (Lipinski definition) is 2. The van der Waals surface area contributed by atoms with Gasteiger partial charge in [0, 0.05) is 24.1 Å². The number of amides is 1. The Morgan fingerprint density at radius 3 is 2.58 bits per heavy atom. The van der Waals surface area contributed by atoms with Crippen molar-refractivity contribution >= 4 is 17.3 Å². The van der Waals surface area contributed by atoms with Crippen molar-refractivity contribution in [1.82, 2.24) is 4.98 Å². The van der Waals surface area contributed by atoms with Gasteiger partial charge in [0.05, 0.1) is 7.11 Å². The second-order valence-electron chi connectivity index (χ2n) is 5.74. The van der Waals surface area contributed by atoms with E-state index in [1.807, 2.05) is 60.7 Å². The van der Waals surface area contributed by atoms with Crippen LogP contribution in [0.3, 0.4) is 0 Å². The van der Waals surface area contributed by atoms with Gasteiger partial charge in [-0.05, 0) is 42.3 Å². The predicted molar refractivity (Wildman–Crippen MR) is 104 cm³/mol.